The van der Waals surface area contributed by atoms with Crippen molar-refractivity contribution in [2.24, 2.45) is 0 Å². The Hall–Kier alpha value is -2.11. The van der Waals surface area contributed by atoms with Crippen LogP contribution in [0, 0.1) is 0 Å². The van der Waals surface area contributed by atoms with Crippen LogP contribution in [0.15, 0.2) is 48.5 Å². The molecule has 3 aromatic rings. The summed E-state index contributed by atoms with van der Waals surface area (Å²) in [6, 6.07) is 12.2. The average Bonchev–Trinajstić information content (AvgIpc) is 2.97. The number of fused-ring (bicyclic) bond motifs is 1. The highest BCUT2D eigenvalue weighted by Crippen LogP contribution is 2.50. The predicted octanol–water partition coefficient (Wildman–Crippen LogP) is 4.91. The van der Waals surface area contributed by atoms with E-state index in [4.69, 9.17) is 51.1 Å². The molecule has 0 amide bonds. The first-order chi connectivity index (χ1) is 13.3. The fraction of sp³-hybridized carbons (Fsp3) is 0.0500. The summed E-state index contributed by atoms with van der Waals surface area (Å²) in [7, 11) is 0. The molecule has 0 saturated heterocycles. The summed E-state index contributed by atoms with van der Waals surface area (Å²) in [6.07, 6.45) is 0. The van der Waals surface area contributed by atoms with Crippen molar-refractivity contribution < 1.29 is 19.7 Å². The van der Waals surface area contributed by atoms with Crippen molar-refractivity contribution >= 4 is 52.4 Å². The second-order valence-electron chi connectivity index (χ2n) is 6.15. The summed E-state index contributed by atoms with van der Waals surface area (Å²) in [4.78, 5) is 12.6. The molecule has 1 aliphatic heterocycles. The van der Waals surface area contributed by atoms with Gasteiger partial charge >= 0.3 is 5.97 Å². The molecule has 0 aromatic heterocycles. The highest BCUT2D eigenvalue weighted by molar-refractivity contribution is 6.37. The first kappa shape index (κ1) is 19.2. The van der Waals surface area contributed by atoms with Crippen LogP contribution in [0.5, 0.6) is 11.5 Å². The smallest absolute Gasteiger partial charge is 0.340 e. The lowest BCUT2D eigenvalue weighted by molar-refractivity contribution is -0.268. The van der Waals surface area contributed by atoms with Crippen LogP contribution in [0.3, 0.4) is 0 Å². The molecular weight excluding hydrogens is 446 g/mol. The van der Waals surface area contributed by atoms with E-state index in [0.29, 0.717) is 22.3 Å². The van der Waals surface area contributed by atoms with E-state index in [-0.39, 0.29) is 20.1 Å². The third-order valence-corrected chi connectivity index (χ3v) is 5.70. The zero-order chi connectivity index (χ0) is 20.2. The summed E-state index contributed by atoms with van der Waals surface area (Å²) in [5.74, 6) is -1.69. The number of benzene rings is 3. The van der Waals surface area contributed by atoms with E-state index in [1.807, 2.05) is 0 Å². The quantitative estimate of drug-likeness (QED) is 0.516. The van der Waals surface area contributed by atoms with E-state index >= 15 is 0 Å². The van der Waals surface area contributed by atoms with Crippen molar-refractivity contribution in [3.8, 4) is 11.5 Å². The molecule has 28 heavy (non-hydrogen) atoms. The van der Waals surface area contributed by atoms with E-state index in [2.05, 4.69) is 0 Å². The summed E-state index contributed by atoms with van der Waals surface area (Å²) in [5.41, 5.74) is -0.0800. The maximum absolute atomic E-state index is 12.6. The lowest BCUT2D eigenvalue weighted by Crippen LogP contribution is -2.30. The van der Waals surface area contributed by atoms with Crippen molar-refractivity contribution in [2.45, 2.75) is 5.60 Å². The molecule has 1 heterocycles. The van der Waals surface area contributed by atoms with Gasteiger partial charge in [0.15, 0.2) is 5.60 Å². The zero-order valence-corrected chi connectivity index (χ0v) is 16.8. The third-order valence-electron chi connectivity index (χ3n) is 4.58. The van der Waals surface area contributed by atoms with Crippen LogP contribution in [0.2, 0.25) is 20.1 Å². The van der Waals surface area contributed by atoms with E-state index in [1.54, 1.807) is 24.3 Å². The largest absolute Gasteiger partial charge is 0.870 e. The molecule has 0 spiro atoms. The number of carbonyl (C=O) groups excluding carboxylic acids is 1. The Morgan fingerprint density at radius 2 is 1.18 bits per heavy atom. The van der Waals surface area contributed by atoms with E-state index in [1.165, 1.54) is 24.3 Å². The molecule has 1 aliphatic rings. The molecule has 0 saturated carbocycles. The van der Waals surface area contributed by atoms with Gasteiger partial charge in [0.05, 0.1) is 5.56 Å². The maximum atomic E-state index is 12.6. The Balaban J connectivity index is 2.12. The van der Waals surface area contributed by atoms with Gasteiger partial charge in [0.2, 0.25) is 0 Å². The van der Waals surface area contributed by atoms with Crippen molar-refractivity contribution in [3.63, 3.8) is 0 Å². The van der Waals surface area contributed by atoms with Gasteiger partial charge in [-0.15, -0.1) is 0 Å². The highest BCUT2D eigenvalue weighted by atomic mass is 35.5. The van der Waals surface area contributed by atoms with Crippen LogP contribution in [0.4, 0.5) is 0 Å². The molecule has 3 aromatic carbocycles. The monoisotopic (exact) mass is 452 g/mol. The van der Waals surface area contributed by atoms with Crippen LogP contribution in [-0.2, 0) is 10.3 Å². The summed E-state index contributed by atoms with van der Waals surface area (Å²) in [6.45, 7) is 0. The van der Waals surface area contributed by atoms with Gasteiger partial charge in [-0.2, -0.15) is 0 Å². The Kier molecular flexibility index (Phi) is 4.63. The Morgan fingerprint density at radius 1 is 0.750 bits per heavy atom. The summed E-state index contributed by atoms with van der Waals surface area (Å²) in [5, 5.41) is 23.4. The van der Waals surface area contributed by atoms with E-state index < -0.39 is 23.1 Å². The number of halogens is 4. The molecule has 0 radical (unpaired) electrons. The molecular formula is C20H8Cl4O4-2. The highest BCUT2D eigenvalue weighted by Gasteiger charge is 2.49. The standard InChI is InChI=1S/C20H10Cl4O4/c21-13-5-9(6-14(22)17(13)25)20(10-7-15(23)18(26)16(24)8-10)12-4-2-1-3-11(12)19(27)28-20/h1-8,25-26H/p-2. The van der Waals surface area contributed by atoms with Crippen molar-refractivity contribution in [3.05, 3.63) is 90.9 Å². The normalized spacial score (nSPS) is 14.6. The zero-order valence-electron chi connectivity index (χ0n) is 13.8. The SMILES string of the molecule is O=C1OC(c2cc(Cl)c([O-])c(Cl)c2)(c2cc(Cl)c([O-])c(Cl)c2)c2ccccc21. The second kappa shape index (κ2) is 6.75. The van der Waals surface area contributed by atoms with Gasteiger partial charge in [-0.3, -0.25) is 0 Å². The van der Waals surface area contributed by atoms with Crippen LogP contribution in [0.1, 0.15) is 27.0 Å². The molecule has 4 rings (SSSR count). The van der Waals surface area contributed by atoms with E-state index in [9.17, 15) is 15.0 Å². The van der Waals surface area contributed by atoms with Crippen molar-refractivity contribution in [2.75, 3.05) is 0 Å². The first-order valence-electron chi connectivity index (χ1n) is 7.91. The fourth-order valence-electron chi connectivity index (χ4n) is 3.34. The minimum atomic E-state index is -1.53. The number of esters is 1. The topological polar surface area (TPSA) is 72.4 Å². The molecule has 0 aliphatic carbocycles. The van der Waals surface area contributed by atoms with Crippen molar-refractivity contribution in [1.29, 1.82) is 0 Å². The Morgan fingerprint density at radius 3 is 1.64 bits per heavy atom. The van der Waals surface area contributed by atoms with Gasteiger partial charge in [-0.05, 0) is 30.3 Å². The molecule has 142 valence electrons. The van der Waals surface area contributed by atoms with Crippen LogP contribution < -0.4 is 10.2 Å². The predicted molar refractivity (Wildman–Crippen MR) is 104 cm³/mol. The van der Waals surface area contributed by atoms with Gasteiger partial charge < -0.3 is 14.9 Å². The lowest BCUT2D eigenvalue weighted by Gasteiger charge is -2.32. The lowest BCUT2D eigenvalue weighted by atomic mass is 9.80. The van der Waals surface area contributed by atoms with Gasteiger partial charge in [-0.25, -0.2) is 4.79 Å². The van der Waals surface area contributed by atoms with Crippen LogP contribution in [-0.4, -0.2) is 5.97 Å². The minimum absolute atomic E-state index is 0.139. The Labute approximate surface area is 179 Å². The van der Waals surface area contributed by atoms with E-state index in [0.717, 1.165) is 0 Å². The number of carbonyl (C=O) groups is 1. The number of hydrogen-bond donors (Lipinski definition) is 0. The van der Waals surface area contributed by atoms with Gasteiger partial charge in [-0.1, -0.05) is 76.1 Å². The van der Waals surface area contributed by atoms with Crippen molar-refractivity contribution in [1.82, 2.24) is 0 Å². The number of cyclic esters (lactones) is 1. The van der Waals surface area contributed by atoms with Gasteiger partial charge in [0, 0.05) is 36.8 Å². The molecule has 4 nitrogen and oxygen atoms in total. The number of rotatable bonds is 2. The molecule has 0 unspecified atom stereocenters. The fourth-order valence-corrected chi connectivity index (χ4v) is 4.31. The summed E-state index contributed by atoms with van der Waals surface area (Å²) < 4.78 is 5.81. The maximum Gasteiger partial charge on any atom is 0.340 e. The van der Waals surface area contributed by atoms with Crippen LogP contribution in [0.25, 0.3) is 0 Å². The third kappa shape index (κ3) is 2.72. The molecule has 0 fully saturated rings. The molecule has 8 heteroatoms. The average molecular weight is 454 g/mol. The summed E-state index contributed by atoms with van der Waals surface area (Å²) >= 11 is 24.2. The Bertz CT molecular complexity index is 1040. The number of hydrogen-bond acceptors (Lipinski definition) is 4. The molecule has 0 bridgehead atoms. The second-order valence-corrected chi connectivity index (χ2v) is 7.78. The minimum Gasteiger partial charge on any atom is -0.870 e. The van der Waals surface area contributed by atoms with Crippen LogP contribution >= 0.6 is 46.4 Å². The first-order valence-corrected chi connectivity index (χ1v) is 9.43. The molecule has 0 N–H and O–H groups in total. The van der Waals surface area contributed by atoms with Gasteiger partial charge in [0.25, 0.3) is 0 Å². The van der Waals surface area contributed by atoms with Gasteiger partial charge in [0.1, 0.15) is 0 Å². The molecule has 0 atom stereocenters. The number of ether oxygens (including phenoxy) is 1.